The van der Waals surface area contributed by atoms with Gasteiger partial charge in [0, 0.05) is 12.7 Å². The summed E-state index contributed by atoms with van der Waals surface area (Å²) in [4.78, 5) is 0. The first-order valence-corrected chi connectivity index (χ1v) is 3.57. The lowest BCUT2D eigenvalue weighted by Gasteiger charge is -2.04. The Balaban J connectivity index is 0.000000371. The molecule has 0 aliphatic carbocycles. The highest BCUT2D eigenvalue weighted by Gasteiger charge is 1.99. The third kappa shape index (κ3) is 2.67. The molecule has 1 aliphatic rings. The molecule has 0 amide bonds. The van der Waals surface area contributed by atoms with Gasteiger partial charge >= 0.3 is 0 Å². The normalized spacial score (nSPS) is 15.6. The van der Waals surface area contributed by atoms with E-state index in [4.69, 9.17) is 0 Å². The van der Waals surface area contributed by atoms with Gasteiger partial charge in [-0.3, -0.25) is 0 Å². The molecule has 0 spiro atoms. The smallest absolute Gasteiger partial charge is 0.141 e. The highest BCUT2D eigenvalue weighted by Crippen LogP contribution is 2.10. The number of allylic oxidation sites excluding steroid dienone is 2. The molecular formula is C8H14FN. The maximum atomic E-state index is 12.3. The van der Waals surface area contributed by atoms with Crippen molar-refractivity contribution in [2.75, 3.05) is 6.54 Å². The Morgan fingerprint density at radius 2 is 2.10 bits per heavy atom. The molecule has 1 N–H and O–H groups in total. The van der Waals surface area contributed by atoms with Crippen molar-refractivity contribution in [1.29, 1.82) is 0 Å². The van der Waals surface area contributed by atoms with Gasteiger partial charge in [0.25, 0.3) is 0 Å². The van der Waals surface area contributed by atoms with E-state index in [2.05, 4.69) is 5.32 Å². The summed E-state index contributed by atoms with van der Waals surface area (Å²) in [5.41, 5.74) is 0.726. The van der Waals surface area contributed by atoms with E-state index in [0.29, 0.717) is 0 Å². The van der Waals surface area contributed by atoms with Gasteiger partial charge in [0.2, 0.25) is 0 Å². The first-order chi connectivity index (χ1) is 4.80. The molecule has 0 saturated heterocycles. The van der Waals surface area contributed by atoms with Crippen LogP contribution in [0.5, 0.6) is 0 Å². The van der Waals surface area contributed by atoms with Gasteiger partial charge < -0.3 is 5.32 Å². The average molecular weight is 143 g/mol. The van der Waals surface area contributed by atoms with Gasteiger partial charge in [0.15, 0.2) is 0 Å². The van der Waals surface area contributed by atoms with Gasteiger partial charge in [-0.1, -0.05) is 19.9 Å². The van der Waals surface area contributed by atoms with Crippen LogP contribution in [0.25, 0.3) is 0 Å². The number of halogens is 1. The summed E-state index contributed by atoms with van der Waals surface area (Å²) in [6.07, 6.45) is 3.20. The first-order valence-electron chi connectivity index (χ1n) is 3.57. The quantitative estimate of drug-likeness (QED) is 0.549. The number of nitrogens with one attached hydrogen (secondary N) is 1. The Morgan fingerprint density at radius 3 is 2.40 bits per heavy atom. The number of dihydropyridines is 1. The van der Waals surface area contributed by atoms with E-state index in [-0.39, 0.29) is 5.83 Å². The molecule has 0 radical (unpaired) electrons. The van der Waals surface area contributed by atoms with Crippen LogP contribution in [0.3, 0.4) is 0 Å². The number of hydrogen-bond acceptors (Lipinski definition) is 1. The molecule has 0 aromatic carbocycles. The lowest BCUT2D eigenvalue weighted by molar-refractivity contribution is 0.630. The predicted octanol–water partition coefficient (Wildman–Crippen LogP) is 2.37. The van der Waals surface area contributed by atoms with Crippen LogP contribution < -0.4 is 5.32 Å². The van der Waals surface area contributed by atoms with Gasteiger partial charge in [-0.15, -0.1) is 0 Å². The fraction of sp³-hybridized carbons (Fsp3) is 0.500. The molecule has 0 bridgehead atoms. The summed E-state index contributed by atoms with van der Waals surface area (Å²) in [6, 6.07) is 0. The van der Waals surface area contributed by atoms with Crippen molar-refractivity contribution < 1.29 is 4.39 Å². The van der Waals surface area contributed by atoms with Gasteiger partial charge in [-0.2, -0.15) is 0 Å². The molecule has 1 heterocycles. The second-order valence-corrected chi connectivity index (χ2v) is 1.79. The third-order valence-electron chi connectivity index (χ3n) is 1.13. The second kappa shape index (κ2) is 5.03. The summed E-state index contributed by atoms with van der Waals surface area (Å²) in [6.45, 7) is 6.51. The van der Waals surface area contributed by atoms with Crippen LogP contribution >= 0.6 is 0 Å². The lowest BCUT2D eigenvalue weighted by atomic mass is 10.2. The lowest BCUT2D eigenvalue weighted by Crippen LogP contribution is -2.09. The van der Waals surface area contributed by atoms with Crippen molar-refractivity contribution >= 4 is 0 Å². The maximum absolute atomic E-state index is 12.3. The Hall–Kier alpha value is -0.790. The van der Waals surface area contributed by atoms with Gasteiger partial charge in [0.05, 0.1) is 0 Å². The largest absolute Gasteiger partial charge is 0.385 e. The van der Waals surface area contributed by atoms with Crippen LogP contribution in [0.4, 0.5) is 4.39 Å². The summed E-state index contributed by atoms with van der Waals surface area (Å²) in [7, 11) is 0. The van der Waals surface area contributed by atoms with Crippen LogP contribution in [0.15, 0.2) is 23.7 Å². The fourth-order valence-electron chi connectivity index (χ4n) is 0.572. The predicted molar refractivity (Wildman–Crippen MR) is 42.3 cm³/mol. The zero-order valence-electron chi connectivity index (χ0n) is 6.74. The van der Waals surface area contributed by atoms with Crippen molar-refractivity contribution in [2.45, 2.75) is 20.8 Å². The molecule has 0 unspecified atom stereocenters. The minimum absolute atomic E-state index is 0.156. The van der Waals surface area contributed by atoms with Crippen molar-refractivity contribution in [3.05, 3.63) is 23.7 Å². The van der Waals surface area contributed by atoms with Crippen molar-refractivity contribution in [3.8, 4) is 0 Å². The molecule has 1 rings (SSSR count). The summed E-state index contributed by atoms with van der Waals surface area (Å²) >= 11 is 0. The van der Waals surface area contributed by atoms with E-state index in [1.54, 1.807) is 6.92 Å². The summed E-state index contributed by atoms with van der Waals surface area (Å²) < 4.78 is 12.3. The molecule has 0 atom stereocenters. The fourth-order valence-corrected chi connectivity index (χ4v) is 0.572. The van der Waals surface area contributed by atoms with E-state index < -0.39 is 0 Å². The molecule has 1 nitrogen and oxygen atoms in total. The van der Waals surface area contributed by atoms with Crippen LogP contribution in [0.1, 0.15) is 20.8 Å². The van der Waals surface area contributed by atoms with Crippen molar-refractivity contribution in [3.63, 3.8) is 0 Å². The topological polar surface area (TPSA) is 12.0 Å². The SMILES string of the molecule is CC.CC1=CCNC=C1F. The molecule has 0 aromatic rings. The Morgan fingerprint density at radius 1 is 1.50 bits per heavy atom. The van der Waals surface area contributed by atoms with E-state index in [1.165, 1.54) is 6.20 Å². The standard InChI is InChI=1S/C6H8FN.C2H6/c1-5-2-3-8-4-6(5)7;1-2/h2,4,8H,3H2,1H3;1-2H3. The molecule has 2 heteroatoms. The summed E-state index contributed by atoms with van der Waals surface area (Å²) in [5.74, 6) is -0.156. The van der Waals surface area contributed by atoms with Gasteiger partial charge in [0.1, 0.15) is 5.83 Å². The maximum Gasteiger partial charge on any atom is 0.141 e. The van der Waals surface area contributed by atoms with Crippen molar-refractivity contribution in [1.82, 2.24) is 5.32 Å². The van der Waals surface area contributed by atoms with Gasteiger partial charge in [-0.25, -0.2) is 4.39 Å². The molecule has 0 aromatic heterocycles. The monoisotopic (exact) mass is 143 g/mol. The third-order valence-corrected chi connectivity index (χ3v) is 1.13. The molecule has 1 aliphatic heterocycles. The van der Waals surface area contributed by atoms with Gasteiger partial charge in [-0.05, 0) is 12.5 Å². The zero-order chi connectivity index (χ0) is 7.98. The first kappa shape index (κ1) is 9.21. The molecular weight excluding hydrogens is 129 g/mol. The van der Waals surface area contributed by atoms with Crippen LogP contribution in [0, 0.1) is 0 Å². The highest BCUT2D eigenvalue weighted by molar-refractivity contribution is 5.25. The Labute approximate surface area is 61.6 Å². The molecule has 0 saturated carbocycles. The van der Waals surface area contributed by atoms with E-state index in [1.807, 2.05) is 19.9 Å². The minimum atomic E-state index is -0.156. The Bertz CT molecular complexity index is 129. The van der Waals surface area contributed by atoms with E-state index >= 15 is 0 Å². The molecule has 10 heavy (non-hydrogen) atoms. The second-order valence-electron chi connectivity index (χ2n) is 1.79. The Kier molecular flexibility index (Phi) is 4.63. The average Bonchev–Trinajstić information content (AvgIpc) is 2.00. The van der Waals surface area contributed by atoms with E-state index in [9.17, 15) is 4.39 Å². The van der Waals surface area contributed by atoms with Crippen LogP contribution in [-0.4, -0.2) is 6.54 Å². The number of hydrogen-bond donors (Lipinski definition) is 1. The molecule has 58 valence electrons. The minimum Gasteiger partial charge on any atom is -0.385 e. The number of rotatable bonds is 0. The zero-order valence-corrected chi connectivity index (χ0v) is 6.74. The molecule has 0 fully saturated rings. The van der Waals surface area contributed by atoms with Crippen molar-refractivity contribution in [2.24, 2.45) is 0 Å². The van der Waals surface area contributed by atoms with Crippen LogP contribution in [0.2, 0.25) is 0 Å². The summed E-state index contributed by atoms with van der Waals surface area (Å²) in [5, 5.41) is 2.75. The van der Waals surface area contributed by atoms with E-state index in [0.717, 1.165) is 12.1 Å². The van der Waals surface area contributed by atoms with Crippen LogP contribution in [-0.2, 0) is 0 Å². The highest BCUT2D eigenvalue weighted by atomic mass is 19.1.